The minimum absolute atomic E-state index is 0.119. The van der Waals surface area contributed by atoms with Crippen molar-refractivity contribution >= 4 is 11.8 Å². The van der Waals surface area contributed by atoms with Gasteiger partial charge >= 0.3 is 0 Å². The van der Waals surface area contributed by atoms with Crippen LogP contribution < -0.4 is 0 Å². The Morgan fingerprint density at radius 3 is 2.68 bits per heavy atom. The lowest BCUT2D eigenvalue weighted by Crippen LogP contribution is -2.40. The molecule has 2 aromatic rings. The van der Waals surface area contributed by atoms with Gasteiger partial charge in [0.1, 0.15) is 0 Å². The zero-order valence-electron chi connectivity index (χ0n) is 18.1. The van der Waals surface area contributed by atoms with Crippen molar-refractivity contribution in [3.8, 4) is 11.1 Å². The Morgan fingerprint density at radius 1 is 1.13 bits per heavy atom. The lowest BCUT2D eigenvalue weighted by molar-refractivity contribution is -0.136. The number of amides is 2. The van der Waals surface area contributed by atoms with E-state index >= 15 is 0 Å². The van der Waals surface area contributed by atoms with E-state index in [0.29, 0.717) is 32.6 Å². The van der Waals surface area contributed by atoms with Crippen molar-refractivity contribution < 1.29 is 9.59 Å². The quantitative estimate of drug-likeness (QED) is 0.669. The second-order valence-corrected chi connectivity index (χ2v) is 8.68. The number of nitrogens with zero attached hydrogens (tertiary/aromatic N) is 3. The summed E-state index contributed by atoms with van der Waals surface area (Å²) in [5.41, 5.74) is 3.25. The summed E-state index contributed by atoms with van der Waals surface area (Å²) in [6.45, 7) is 6.03. The van der Waals surface area contributed by atoms with Gasteiger partial charge in [0.2, 0.25) is 11.8 Å². The van der Waals surface area contributed by atoms with Crippen molar-refractivity contribution in [2.75, 3.05) is 26.2 Å². The van der Waals surface area contributed by atoms with Crippen LogP contribution in [0.2, 0.25) is 0 Å². The highest BCUT2D eigenvalue weighted by molar-refractivity contribution is 5.83. The van der Waals surface area contributed by atoms with Crippen LogP contribution in [0.3, 0.4) is 0 Å². The van der Waals surface area contributed by atoms with Gasteiger partial charge in [-0.3, -0.25) is 14.6 Å². The molecular formula is C26H31N3O2. The van der Waals surface area contributed by atoms with Crippen LogP contribution in [0.5, 0.6) is 0 Å². The molecule has 2 aliphatic rings. The van der Waals surface area contributed by atoms with Crippen LogP contribution >= 0.6 is 0 Å². The summed E-state index contributed by atoms with van der Waals surface area (Å²) in [6, 6.07) is 12.3. The molecule has 162 valence electrons. The molecule has 2 heterocycles. The summed E-state index contributed by atoms with van der Waals surface area (Å²) in [7, 11) is 0. The number of aromatic nitrogens is 1. The third-order valence-corrected chi connectivity index (χ3v) is 6.51. The fourth-order valence-corrected chi connectivity index (χ4v) is 4.86. The molecule has 0 radical (unpaired) electrons. The highest BCUT2D eigenvalue weighted by atomic mass is 16.2. The average Bonchev–Trinajstić information content (AvgIpc) is 3.30. The molecule has 5 heteroatoms. The van der Waals surface area contributed by atoms with Crippen LogP contribution in [-0.4, -0.2) is 52.8 Å². The molecule has 5 nitrogen and oxygen atoms in total. The maximum Gasteiger partial charge on any atom is 0.228 e. The smallest absolute Gasteiger partial charge is 0.228 e. The van der Waals surface area contributed by atoms with Crippen LogP contribution in [-0.2, 0) is 16.0 Å². The van der Waals surface area contributed by atoms with Crippen molar-refractivity contribution in [1.82, 2.24) is 14.8 Å². The van der Waals surface area contributed by atoms with Crippen molar-refractivity contribution in [3.05, 3.63) is 67.0 Å². The molecule has 1 saturated carbocycles. The summed E-state index contributed by atoms with van der Waals surface area (Å²) in [5, 5.41) is 0. The molecule has 1 aromatic heterocycles. The van der Waals surface area contributed by atoms with E-state index in [1.54, 1.807) is 12.3 Å². The van der Waals surface area contributed by atoms with E-state index in [1.807, 2.05) is 34.2 Å². The van der Waals surface area contributed by atoms with Crippen LogP contribution in [0.1, 0.15) is 31.2 Å². The molecule has 1 aromatic carbocycles. The summed E-state index contributed by atoms with van der Waals surface area (Å²) in [5.74, 6) is 0.251. The van der Waals surface area contributed by atoms with E-state index in [-0.39, 0.29) is 23.7 Å². The molecule has 2 fully saturated rings. The monoisotopic (exact) mass is 417 g/mol. The molecule has 31 heavy (non-hydrogen) atoms. The largest absolute Gasteiger partial charge is 0.340 e. The number of carbonyl (C=O) groups excluding carboxylic acids is 2. The van der Waals surface area contributed by atoms with Crippen molar-refractivity contribution in [2.45, 2.75) is 32.1 Å². The van der Waals surface area contributed by atoms with E-state index < -0.39 is 0 Å². The minimum Gasteiger partial charge on any atom is -0.340 e. The molecule has 1 atom stereocenters. The molecule has 0 N–H and O–H groups in total. The van der Waals surface area contributed by atoms with Gasteiger partial charge in [0.25, 0.3) is 0 Å². The molecule has 1 unspecified atom stereocenters. The first kappa shape index (κ1) is 21.3. The van der Waals surface area contributed by atoms with Crippen molar-refractivity contribution in [3.63, 3.8) is 0 Å². The lowest BCUT2D eigenvalue weighted by atomic mass is 9.94. The van der Waals surface area contributed by atoms with Crippen LogP contribution in [0, 0.1) is 11.8 Å². The third-order valence-electron chi connectivity index (χ3n) is 6.51. The first-order chi connectivity index (χ1) is 15.2. The van der Waals surface area contributed by atoms with Gasteiger partial charge in [-0.15, -0.1) is 6.58 Å². The maximum atomic E-state index is 13.3. The fourth-order valence-electron chi connectivity index (χ4n) is 4.86. The second kappa shape index (κ2) is 9.90. The van der Waals surface area contributed by atoms with Gasteiger partial charge in [-0.1, -0.05) is 49.2 Å². The molecule has 0 bridgehead atoms. The standard InChI is InChI=1S/C26H31N3O2/c1-2-13-28-14-15-29(25(30)21-8-3-4-9-21)19-24(26(28)31)17-20-7-5-10-22(16-20)23-11-6-12-27-18-23/h2,5-7,10-12,16,18,21,24H,1,3-4,8-9,13-15,17,19H2. The molecule has 0 spiro atoms. The average molecular weight is 418 g/mol. The van der Waals surface area contributed by atoms with Crippen LogP contribution in [0.15, 0.2) is 61.4 Å². The van der Waals surface area contributed by atoms with Gasteiger partial charge in [-0.25, -0.2) is 0 Å². The first-order valence-electron chi connectivity index (χ1n) is 11.3. The summed E-state index contributed by atoms with van der Waals surface area (Å²) >= 11 is 0. The van der Waals surface area contributed by atoms with Crippen molar-refractivity contribution in [2.24, 2.45) is 11.8 Å². The Hall–Kier alpha value is -2.95. The van der Waals surface area contributed by atoms with E-state index in [0.717, 1.165) is 42.4 Å². The SMILES string of the molecule is C=CCN1CCN(C(=O)C2CCCC2)CC(Cc2cccc(-c3cccnc3)c2)C1=O. The normalized spacial score (nSPS) is 20.0. The number of rotatable bonds is 6. The van der Waals surface area contributed by atoms with E-state index in [4.69, 9.17) is 0 Å². The summed E-state index contributed by atoms with van der Waals surface area (Å²) < 4.78 is 0. The van der Waals surface area contributed by atoms with Crippen molar-refractivity contribution in [1.29, 1.82) is 0 Å². The lowest BCUT2D eigenvalue weighted by Gasteiger charge is -2.26. The Morgan fingerprint density at radius 2 is 1.94 bits per heavy atom. The van der Waals surface area contributed by atoms with E-state index in [2.05, 4.69) is 29.8 Å². The predicted molar refractivity (Wildman–Crippen MR) is 122 cm³/mol. The Kier molecular flexibility index (Phi) is 6.80. The third kappa shape index (κ3) is 5.04. The van der Waals surface area contributed by atoms with Gasteiger partial charge in [0.05, 0.1) is 5.92 Å². The predicted octanol–water partition coefficient (Wildman–Crippen LogP) is 3.95. The highest BCUT2D eigenvalue weighted by Gasteiger charge is 2.35. The van der Waals surface area contributed by atoms with Crippen LogP contribution in [0.25, 0.3) is 11.1 Å². The number of hydrogen-bond acceptors (Lipinski definition) is 3. The minimum atomic E-state index is -0.239. The molecule has 1 aliphatic heterocycles. The second-order valence-electron chi connectivity index (χ2n) is 8.68. The molecule has 2 amide bonds. The van der Waals surface area contributed by atoms with Gasteiger partial charge in [-0.2, -0.15) is 0 Å². The van der Waals surface area contributed by atoms with Gasteiger partial charge in [-0.05, 0) is 42.0 Å². The van der Waals surface area contributed by atoms with Gasteiger partial charge in [0.15, 0.2) is 0 Å². The first-order valence-corrected chi connectivity index (χ1v) is 11.3. The van der Waals surface area contributed by atoms with Crippen LogP contribution in [0.4, 0.5) is 0 Å². The molecule has 1 aliphatic carbocycles. The van der Waals surface area contributed by atoms with Gasteiger partial charge < -0.3 is 9.80 Å². The number of carbonyl (C=O) groups is 2. The molecule has 4 rings (SSSR count). The Bertz CT molecular complexity index is 921. The van der Waals surface area contributed by atoms with E-state index in [9.17, 15) is 9.59 Å². The van der Waals surface area contributed by atoms with E-state index in [1.165, 1.54) is 0 Å². The zero-order chi connectivity index (χ0) is 21.6. The Labute approximate surface area is 184 Å². The summed E-state index contributed by atoms with van der Waals surface area (Å²) in [6.07, 6.45) is 10.2. The number of benzene rings is 1. The van der Waals surface area contributed by atoms with Gasteiger partial charge in [0, 0.05) is 44.5 Å². The zero-order valence-corrected chi connectivity index (χ0v) is 18.1. The maximum absolute atomic E-state index is 13.3. The highest BCUT2D eigenvalue weighted by Crippen LogP contribution is 2.28. The molecule has 1 saturated heterocycles. The Balaban J connectivity index is 1.55. The fraction of sp³-hybridized carbons (Fsp3) is 0.423. The number of hydrogen-bond donors (Lipinski definition) is 0. The topological polar surface area (TPSA) is 53.5 Å². The number of pyridine rings is 1. The molecular weight excluding hydrogens is 386 g/mol. The summed E-state index contributed by atoms with van der Waals surface area (Å²) in [4.78, 5) is 34.5.